The highest BCUT2D eigenvalue weighted by Crippen LogP contribution is 2.23. The molecule has 0 aliphatic rings. The molecule has 0 aliphatic carbocycles. The highest BCUT2D eigenvalue weighted by molar-refractivity contribution is 6.82. The van der Waals surface area contributed by atoms with Gasteiger partial charge in [0.15, 0.2) is 0 Å². The number of aromatic nitrogens is 2. The van der Waals surface area contributed by atoms with Crippen LogP contribution in [-0.4, -0.2) is 26.1 Å². The van der Waals surface area contributed by atoms with Crippen LogP contribution in [0.25, 0.3) is 11.1 Å². The van der Waals surface area contributed by atoms with Crippen LogP contribution in [0.1, 0.15) is 36.6 Å². The maximum absolute atomic E-state index is 4.87. The number of nitrogens with zero attached hydrogens (tertiary/aromatic N) is 2. The molecule has 0 atom stereocenters. The van der Waals surface area contributed by atoms with E-state index in [-0.39, 0.29) is 0 Å². The lowest BCUT2D eigenvalue weighted by Crippen LogP contribution is -2.17. The molecule has 0 spiro atoms. The van der Waals surface area contributed by atoms with Gasteiger partial charge in [-0.1, -0.05) is 50.7 Å². The Kier molecular flexibility index (Phi) is 5.73. The number of aryl methyl sites for hydroxylation is 2. The Morgan fingerprint density at radius 3 is 1.18 bits per heavy atom. The van der Waals surface area contributed by atoms with E-state index in [1.165, 1.54) is 11.1 Å². The first kappa shape index (κ1) is 19.0. The molecule has 0 N–H and O–H groups in total. The highest BCUT2D eigenvalue weighted by Gasteiger charge is 2.16. The summed E-state index contributed by atoms with van der Waals surface area (Å²) in [6.45, 7) is 22.6. The third-order valence-electron chi connectivity index (χ3n) is 3.29. The van der Waals surface area contributed by atoms with Crippen molar-refractivity contribution in [2.24, 2.45) is 0 Å². The van der Waals surface area contributed by atoms with Crippen LogP contribution in [0.5, 0.6) is 0 Å². The largest absolute Gasteiger partial charge is 0.249 e. The number of hydrogen-bond donors (Lipinski definition) is 0. The van der Waals surface area contributed by atoms with E-state index in [2.05, 4.69) is 78.4 Å². The van der Waals surface area contributed by atoms with Gasteiger partial charge in [-0.25, -0.2) is 9.97 Å². The van der Waals surface area contributed by atoms with Crippen LogP contribution in [0, 0.1) is 13.8 Å². The van der Waals surface area contributed by atoms with Crippen molar-refractivity contribution in [3.63, 3.8) is 0 Å². The predicted octanol–water partition coefficient (Wildman–Crippen LogP) is 5.65. The summed E-state index contributed by atoms with van der Waals surface area (Å²) < 4.78 is 0. The van der Waals surface area contributed by atoms with Crippen LogP contribution in [0.4, 0.5) is 0 Å². The van der Waals surface area contributed by atoms with Crippen LogP contribution >= 0.6 is 0 Å². The molecule has 122 valence electrons. The number of allylic oxidation sites excluding steroid dienone is 2. The molecular weight excluding hydrogens is 300 g/mol. The maximum atomic E-state index is 4.87. The predicted molar refractivity (Wildman–Crippen MR) is 106 cm³/mol. The van der Waals surface area contributed by atoms with Gasteiger partial charge in [0, 0.05) is 0 Å². The van der Waals surface area contributed by atoms with Gasteiger partial charge >= 0.3 is 0 Å². The molecule has 0 unspecified atom stereocenters. The van der Waals surface area contributed by atoms with Crippen molar-refractivity contribution >= 4 is 27.3 Å². The van der Waals surface area contributed by atoms with E-state index in [1.54, 1.807) is 0 Å². The highest BCUT2D eigenvalue weighted by atomic mass is 28.3. The Morgan fingerprint density at radius 2 is 0.955 bits per heavy atom. The molecule has 0 bridgehead atoms. The van der Waals surface area contributed by atoms with E-state index in [1.807, 2.05) is 0 Å². The maximum Gasteiger partial charge on any atom is 0.0868 e. The van der Waals surface area contributed by atoms with Crippen LogP contribution in [-0.2, 0) is 0 Å². The average molecular weight is 333 g/mol. The molecule has 4 heteroatoms. The van der Waals surface area contributed by atoms with Gasteiger partial charge in [0.2, 0.25) is 0 Å². The van der Waals surface area contributed by atoms with Gasteiger partial charge in [0.05, 0.1) is 38.9 Å². The zero-order valence-electron chi connectivity index (χ0n) is 16.0. The molecule has 0 amide bonds. The third kappa shape index (κ3) is 5.65. The summed E-state index contributed by atoms with van der Waals surface area (Å²) in [6, 6.07) is 0. The van der Waals surface area contributed by atoms with Gasteiger partial charge in [-0.05, 0) is 38.8 Å². The van der Waals surface area contributed by atoms with Crippen molar-refractivity contribution in [3.05, 3.63) is 34.2 Å². The standard InChI is InChI=1S/C18H32N2Si2/c1-13(11-21(5,6)7)17-15(3)20-18(16(4)19-17)14(2)12-22(8,9)10/h11-12H,1-10H3/b13-11+,14-12?. The van der Waals surface area contributed by atoms with Crippen molar-refractivity contribution in [3.8, 4) is 0 Å². The van der Waals surface area contributed by atoms with E-state index in [4.69, 9.17) is 9.97 Å². The molecule has 1 aromatic rings. The lowest BCUT2D eigenvalue weighted by molar-refractivity contribution is 1.01. The second-order valence-corrected chi connectivity index (χ2v) is 18.5. The molecule has 0 saturated heterocycles. The molecule has 1 heterocycles. The molecule has 22 heavy (non-hydrogen) atoms. The van der Waals surface area contributed by atoms with E-state index >= 15 is 0 Å². The quantitative estimate of drug-likeness (QED) is 0.665. The van der Waals surface area contributed by atoms with Gasteiger partial charge < -0.3 is 0 Å². The van der Waals surface area contributed by atoms with E-state index < -0.39 is 16.1 Å². The first-order chi connectivity index (χ1) is 9.80. The summed E-state index contributed by atoms with van der Waals surface area (Å²) in [6.07, 6.45) is 0. The van der Waals surface area contributed by atoms with Gasteiger partial charge in [-0.2, -0.15) is 0 Å². The van der Waals surface area contributed by atoms with E-state index in [9.17, 15) is 0 Å². The fourth-order valence-electron chi connectivity index (χ4n) is 2.79. The molecule has 0 aliphatic heterocycles. The lowest BCUT2D eigenvalue weighted by atomic mass is 10.1. The van der Waals surface area contributed by atoms with Crippen LogP contribution in [0.2, 0.25) is 39.3 Å². The van der Waals surface area contributed by atoms with Crippen molar-refractivity contribution in [1.82, 2.24) is 9.97 Å². The summed E-state index contributed by atoms with van der Waals surface area (Å²) in [5, 5.41) is 0. The summed E-state index contributed by atoms with van der Waals surface area (Å²) in [7, 11) is -2.49. The molecule has 0 saturated carbocycles. The minimum atomic E-state index is -1.25. The van der Waals surface area contributed by atoms with Gasteiger partial charge in [0.25, 0.3) is 0 Å². The van der Waals surface area contributed by atoms with Crippen LogP contribution in [0.3, 0.4) is 0 Å². The second kappa shape index (κ2) is 6.63. The van der Waals surface area contributed by atoms with Gasteiger partial charge in [-0.3, -0.25) is 0 Å². The molecule has 1 aromatic heterocycles. The molecular formula is C18H32N2Si2. The number of hydrogen-bond acceptors (Lipinski definition) is 2. The Labute approximate surface area is 138 Å². The minimum absolute atomic E-state index is 1.04. The summed E-state index contributed by atoms with van der Waals surface area (Å²) in [4.78, 5) is 9.75. The topological polar surface area (TPSA) is 25.8 Å². The van der Waals surface area contributed by atoms with E-state index in [0.717, 1.165) is 22.8 Å². The Morgan fingerprint density at radius 1 is 0.682 bits per heavy atom. The summed E-state index contributed by atoms with van der Waals surface area (Å²) in [5.74, 6) is 0. The lowest BCUT2D eigenvalue weighted by Gasteiger charge is -2.16. The average Bonchev–Trinajstić information content (AvgIpc) is 2.26. The summed E-state index contributed by atoms with van der Waals surface area (Å²) >= 11 is 0. The molecule has 2 nitrogen and oxygen atoms in total. The van der Waals surface area contributed by atoms with Crippen LogP contribution in [0.15, 0.2) is 11.4 Å². The van der Waals surface area contributed by atoms with Crippen molar-refractivity contribution in [1.29, 1.82) is 0 Å². The monoisotopic (exact) mass is 332 g/mol. The van der Waals surface area contributed by atoms with E-state index in [0.29, 0.717) is 0 Å². The fourth-order valence-corrected chi connectivity index (χ4v) is 5.66. The van der Waals surface area contributed by atoms with Gasteiger partial charge in [0.1, 0.15) is 0 Å². The SMILES string of the molecule is CC(=C[Si](C)(C)C)c1nc(C)c(/C(C)=C/[Si](C)(C)C)nc1C. The normalized spacial score (nSPS) is 14.5. The Hall–Kier alpha value is -1.01. The molecule has 0 aromatic carbocycles. The first-order valence-corrected chi connectivity index (χ1v) is 15.2. The zero-order valence-corrected chi connectivity index (χ0v) is 18.0. The molecule has 1 rings (SSSR count). The fraction of sp³-hybridized carbons (Fsp3) is 0.556. The first-order valence-electron chi connectivity index (χ1n) is 8.05. The Balaban J connectivity index is 3.35. The number of rotatable bonds is 4. The Bertz CT molecular complexity index is 559. The van der Waals surface area contributed by atoms with Crippen molar-refractivity contribution in [2.45, 2.75) is 67.0 Å². The third-order valence-corrected chi connectivity index (χ3v) is 5.89. The molecule has 0 radical (unpaired) electrons. The zero-order chi connectivity index (χ0) is 17.3. The van der Waals surface area contributed by atoms with Crippen molar-refractivity contribution in [2.75, 3.05) is 0 Å². The summed E-state index contributed by atoms with van der Waals surface area (Å²) in [5.41, 5.74) is 11.6. The van der Waals surface area contributed by atoms with Crippen molar-refractivity contribution < 1.29 is 0 Å². The molecule has 0 fully saturated rings. The van der Waals surface area contributed by atoms with Crippen LogP contribution < -0.4 is 0 Å². The smallest absolute Gasteiger partial charge is 0.0868 e. The minimum Gasteiger partial charge on any atom is -0.249 e. The van der Waals surface area contributed by atoms with Gasteiger partial charge in [-0.15, -0.1) is 0 Å². The second-order valence-electron chi connectivity index (χ2n) is 8.48.